The molecule has 1 heterocycles. The van der Waals surface area contributed by atoms with E-state index < -0.39 is 6.10 Å². The molecular weight excluding hydrogens is 398 g/mol. The molecule has 132 valence electrons. The Kier molecular flexibility index (Phi) is 4.42. The summed E-state index contributed by atoms with van der Waals surface area (Å²) in [5.74, 6) is 1.71. The van der Waals surface area contributed by atoms with Gasteiger partial charge >= 0.3 is 0 Å². The summed E-state index contributed by atoms with van der Waals surface area (Å²) in [6.07, 6.45) is -0.645. The van der Waals surface area contributed by atoms with Gasteiger partial charge in [0.25, 0.3) is 5.91 Å². The summed E-state index contributed by atoms with van der Waals surface area (Å²) in [6, 6.07) is 17.0. The van der Waals surface area contributed by atoms with Crippen LogP contribution in [0.1, 0.15) is 6.92 Å². The first kappa shape index (κ1) is 16.7. The first-order valence-electron chi connectivity index (χ1n) is 8.15. The van der Waals surface area contributed by atoms with Crippen LogP contribution < -0.4 is 19.5 Å². The lowest BCUT2D eigenvalue weighted by atomic mass is 10.1. The maximum absolute atomic E-state index is 12.4. The van der Waals surface area contributed by atoms with Crippen molar-refractivity contribution in [1.29, 1.82) is 0 Å². The summed E-state index contributed by atoms with van der Waals surface area (Å²) in [5.41, 5.74) is 0.637. The van der Waals surface area contributed by atoms with Crippen molar-refractivity contribution in [1.82, 2.24) is 0 Å². The highest BCUT2D eigenvalue weighted by atomic mass is 79.9. The Morgan fingerprint density at radius 3 is 2.69 bits per heavy atom. The predicted molar refractivity (Wildman–Crippen MR) is 103 cm³/mol. The number of carbonyl (C=O) groups excluding carboxylic acids is 1. The molecule has 1 aliphatic heterocycles. The number of hydrogen-bond acceptors (Lipinski definition) is 4. The van der Waals surface area contributed by atoms with Gasteiger partial charge in [0.05, 0.1) is 0 Å². The minimum absolute atomic E-state index is 0.199. The van der Waals surface area contributed by atoms with E-state index in [2.05, 4.69) is 21.2 Å². The molecule has 4 rings (SSSR count). The Labute approximate surface area is 159 Å². The van der Waals surface area contributed by atoms with Crippen LogP contribution >= 0.6 is 15.9 Å². The van der Waals surface area contributed by atoms with Gasteiger partial charge in [-0.25, -0.2) is 0 Å². The van der Waals surface area contributed by atoms with Crippen LogP contribution in [0.5, 0.6) is 17.2 Å². The fourth-order valence-corrected chi connectivity index (χ4v) is 3.12. The Balaban J connectivity index is 1.44. The lowest BCUT2D eigenvalue weighted by Crippen LogP contribution is -2.30. The van der Waals surface area contributed by atoms with Crippen LogP contribution in [0.4, 0.5) is 5.69 Å². The molecule has 1 amide bonds. The largest absolute Gasteiger partial charge is 0.481 e. The maximum Gasteiger partial charge on any atom is 0.265 e. The normalized spacial score (nSPS) is 13.5. The van der Waals surface area contributed by atoms with E-state index in [4.69, 9.17) is 14.2 Å². The highest BCUT2D eigenvalue weighted by Crippen LogP contribution is 2.34. The molecule has 3 aromatic rings. The summed E-state index contributed by atoms with van der Waals surface area (Å²) >= 11 is 3.46. The molecule has 0 fully saturated rings. The van der Waals surface area contributed by atoms with Crippen LogP contribution in [0.15, 0.2) is 59.1 Å². The zero-order chi connectivity index (χ0) is 18.1. The number of benzene rings is 3. The van der Waals surface area contributed by atoms with E-state index in [-0.39, 0.29) is 12.7 Å². The van der Waals surface area contributed by atoms with Crippen molar-refractivity contribution < 1.29 is 19.0 Å². The molecule has 0 saturated carbocycles. The summed E-state index contributed by atoms with van der Waals surface area (Å²) in [5, 5.41) is 4.98. The summed E-state index contributed by atoms with van der Waals surface area (Å²) < 4.78 is 17.4. The molecule has 0 radical (unpaired) electrons. The summed E-state index contributed by atoms with van der Waals surface area (Å²) in [7, 11) is 0. The van der Waals surface area contributed by atoms with Crippen molar-refractivity contribution in [3.8, 4) is 17.2 Å². The lowest BCUT2D eigenvalue weighted by Gasteiger charge is -2.15. The monoisotopic (exact) mass is 413 g/mol. The zero-order valence-corrected chi connectivity index (χ0v) is 15.6. The van der Waals surface area contributed by atoms with E-state index >= 15 is 0 Å². The molecule has 3 aromatic carbocycles. The summed E-state index contributed by atoms with van der Waals surface area (Å²) in [4.78, 5) is 12.4. The van der Waals surface area contributed by atoms with E-state index in [1.807, 2.05) is 36.4 Å². The van der Waals surface area contributed by atoms with Crippen LogP contribution in [0, 0.1) is 0 Å². The Hall–Kier alpha value is -2.73. The molecule has 6 heteroatoms. The van der Waals surface area contributed by atoms with Gasteiger partial charge in [-0.05, 0) is 54.1 Å². The number of carbonyl (C=O) groups is 1. The number of anilines is 1. The molecule has 0 saturated heterocycles. The van der Waals surface area contributed by atoms with Gasteiger partial charge in [-0.15, -0.1) is 0 Å². The van der Waals surface area contributed by atoms with Crippen molar-refractivity contribution in [3.05, 3.63) is 59.1 Å². The van der Waals surface area contributed by atoms with Gasteiger partial charge in [0.1, 0.15) is 5.75 Å². The molecule has 0 aliphatic carbocycles. The third kappa shape index (κ3) is 3.46. The lowest BCUT2D eigenvalue weighted by molar-refractivity contribution is -0.122. The second kappa shape index (κ2) is 6.88. The summed E-state index contributed by atoms with van der Waals surface area (Å²) in [6.45, 7) is 1.92. The topological polar surface area (TPSA) is 56.8 Å². The molecule has 1 aliphatic rings. The number of rotatable bonds is 4. The number of ether oxygens (including phenoxy) is 3. The zero-order valence-electron chi connectivity index (χ0n) is 14.0. The average Bonchev–Trinajstić information content (AvgIpc) is 3.09. The third-order valence-electron chi connectivity index (χ3n) is 4.10. The van der Waals surface area contributed by atoms with Gasteiger partial charge in [0, 0.05) is 16.2 Å². The second-order valence-corrected chi connectivity index (χ2v) is 6.89. The van der Waals surface area contributed by atoms with Crippen LogP contribution in [-0.4, -0.2) is 18.8 Å². The van der Waals surface area contributed by atoms with Gasteiger partial charge < -0.3 is 19.5 Å². The second-order valence-electron chi connectivity index (χ2n) is 5.97. The quantitative estimate of drug-likeness (QED) is 0.670. The Morgan fingerprint density at radius 1 is 1.04 bits per heavy atom. The minimum atomic E-state index is -0.645. The molecular formula is C20H16BrNO4. The fraction of sp³-hybridized carbons (Fsp3) is 0.150. The highest BCUT2D eigenvalue weighted by Gasteiger charge is 2.18. The fourth-order valence-electron chi connectivity index (χ4n) is 2.74. The Morgan fingerprint density at radius 2 is 1.81 bits per heavy atom. The smallest absolute Gasteiger partial charge is 0.265 e. The van der Waals surface area contributed by atoms with E-state index in [0.717, 1.165) is 15.2 Å². The van der Waals surface area contributed by atoms with E-state index in [1.165, 1.54) is 0 Å². The molecule has 0 unspecified atom stereocenters. The SMILES string of the molecule is C[C@H](Oc1ccc2cc(Br)ccc2c1)C(=O)Nc1ccc2c(c1)OCO2. The van der Waals surface area contributed by atoms with Gasteiger partial charge in [-0.2, -0.15) is 0 Å². The number of hydrogen-bond donors (Lipinski definition) is 1. The molecule has 0 bridgehead atoms. The number of halogens is 1. The standard InChI is InChI=1S/C20H16BrNO4/c1-12(20(23)22-16-5-7-18-19(10-16)25-11-24-18)26-17-6-3-13-8-15(21)4-2-14(13)9-17/h2-10,12H,11H2,1H3,(H,22,23)/t12-/m0/s1. The molecule has 1 N–H and O–H groups in total. The Bertz CT molecular complexity index is 989. The van der Waals surface area contributed by atoms with Gasteiger partial charge in [0.15, 0.2) is 17.6 Å². The van der Waals surface area contributed by atoms with Crippen molar-refractivity contribution in [3.63, 3.8) is 0 Å². The van der Waals surface area contributed by atoms with Crippen molar-refractivity contribution in [2.75, 3.05) is 12.1 Å². The molecule has 5 nitrogen and oxygen atoms in total. The van der Waals surface area contributed by atoms with E-state index in [0.29, 0.717) is 22.9 Å². The predicted octanol–water partition coefficient (Wildman–Crippen LogP) is 4.74. The molecule has 1 atom stereocenters. The number of fused-ring (bicyclic) bond motifs is 2. The molecule has 26 heavy (non-hydrogen) atoms. The van der Waals surface area contributed by atoms with Crippen LogP contribution in [-0.2, 0) is 4.79 Å². The minimum Gasteiger partial charge on any atom is -0.481 e. The number of nitrogens with one attached hydrogen (secondary N) is 1. The van der Waals surface area contributed by atoms with Crippen molar-refractivity contribution in [2.24, 2.45) is 0 Å². The van der Waals surface area contributed by atoms with Crippen molar-refractivity contribution >= 4 is 38.3 Å². The highest BCUT2D eigenvalue weighted by molar-refractivity contribution is 9.10. The molecule has 0 spiro atoms. The van der Waals surface area contributed by atoms with Gasteiger partial charge in [-0.3, -0.25) is 4.79 Å². The van der Waals surface area contributed by atoms with Gasteiger partial charge in [-0.1, -0.05) is 28.1 Å². The van der Waals surface area contributed by atoms with Crippen LogP contribution in [0.25, 0.3) is 10.8 Å². The van der Waals surface area contributed by atoms with Crippen LogP contribution in [0.3, 0.4) is 0 Å². The van der Waals surface area contributed by atoms with E-state index in [1.54, 1.807) is 25.1 Å². The van der Waals surface area contributed by atoms with E-state index in [9.17, 15) is 4.79 Å². The van der Waals surface area contributed by atoms with Gasteiger partial charge in [0.2, 0.25) is 6.79 Å². The number of amides is 1. The maximum atomic E-state index is 12.4. The van der Waals surface area contributed by atoms with Crippen molar-refractivity contribution in [2.45, 2.75) is 13.0 Å². The third-order valence-corrected chi connectivity index (χ3v) is 4.59. The van der Waals surface area contributed by atoms with Crippen LogP contribution in [0.2, 0.25) is 0 Å². The first-order valence-corrected chi connectivity index (χ1v) is 8.94. The average molecular weight is 414 g/mol. The first-order chi connectivity index (χ1) is 12.6. The molecule has 0 aromatic heterocycles.